The highest BCUT2D eigenvalue weighted by molar-refractivity contribution is 5.81. The first-order valence-electron chi connectivity index (χ1n) is 6.05. The summed E-state index contributed by atoms with van der Waals surface area (Å²) < 4.78 is 0. The van der Waals surface area contributed by atoms with Crippen molar-refractivity contribution in [3.8, 4) is 0 Å². The first-order chi connectivity index (χ1) is 6.70. The number of likely N-dealkylation sites (tertiary alicyclic amines) is 1. The molecule has 2 fully saturated rings. The average molecular weight is 194 g/mol. The number of rotatable bonds is 1. The maximum Gasteiger partial charge on any atom is 0.0986 e. The molecule has 2 nitrogen and oxygen atoms in total. The predicted molar refractivity (Wildman–Crippen MR) is 59.6 cm³/mol. The van der Waals surface area contributed by atoms with Crippen LogP contribution in [0, 0.1) is 17.2 Å². The second-order valence-electron chi connectivity index (χ2n) is 5.13. The molecule has 80 valence electrons. The highest BCUT2D eigenvalue weighted by Gasteiger charge is 2.37. The zero-order valence-corrected chi connectivity index (χ0v) is 9.42. The molecule has 0 aromatic rings. The molecule has 0 aromatic carbocycles. The van der Waals surface area contributed by atoms with Gasteiger partial charge in [0, 0.05) is 18.5 Å². The van der Waals surface area contributed by atoms with Crippen molar-refractivity contribution in [1.29, 1.82) is 5.41 Å². The van der Waals surface area contributed by atoms with Crippen molar-refractivity contribution in [2.24, 2.45) is 11.8 Å². The molecular weight excluding hydrogens is 172 g/mol. The Bertz CT molecular complexity index is 222. The Morgan fingerprint density at radius 2 is 1.93 bits per heavy atom. The van der Waals surface area contributed by atoms with Crippen molar-refractivity contribution in [3.05, 3.63) is 0 Å². The van der Waals surface area contributed by atoms with Crippen molar-refractivity contribution in [2.75, 3.05) is 6.54 Å². The number of amidine groups is 1. The van der Waals surface area contributed by atoms with Crippen LogP contribution in [0.1, 0.15) is 46.0 Å². The molecule has 1 aliphatic heterocycles. The molecule has 2 aliphatic rings. The first-order valence-corrected chi connectivity index (χ1v) is 6.05. The molecule has 0 bridgehead atoms. The lowest BCUT2D eigenvalue weighted by atomic mass is 9.85. The summed E-state index contributed by atoms with van der Waals surface area (Å²) in [6, 6.07) is 0.721. The van der Waals surface area contributed by atoms with E-state index in [4.69, 9.17) is 5.41 Å². The second-order valence-corrected chi connectivity index (χ2v) is 5.13. The summed E-state index contributed by atoms with van der Waals surface area (Å²) in [5.41, 5.74) is 0. The molecule has 2 atom stereocenters. The molecule has 1 N–H and O–H groups in total. The predicted octanol–water partition coefficient (Wildman–Crippen LogP) is 2.88. The van der Waals surface area contributed by atoms with Crippen LogP contribution < -0.4 is 0 Å². The zero-order valence-electron chi connectivity index (χ0n) is 9.42. The molecular formula is C12H22N2. The van der Waals surface area contributed by atoms with E-state index >= 15 is 0 Å². The van der Waals surface area contributed by atoms with Crippen LogP contribution in [-0.2, 0) is 0 Å². The van der Waals surface area contributed by atoms with Crippen LogP contribution in [0.4, 0.5) is 0 Å². The number of nitrogens with one attached hydrogen (secondary N) is 1. The van der Waals surface area contributed by atoms with Crippen LogP contribution >= 0.6 is 0 Å². The Morgan fingerprint density at radius 1 is 1.21 bits per heavy atom. The fourth-order valence-electron chi connectivity index (χ4n) is 3.04. The third-order valence-electron chi connectivity index (χ3n) is 3.87. The summed E-state index contributed by atoms with van der Waals surface area (Å²) in [4.78, 5) is 2.38. The van der Waals surface area contributed by atoms with Gasteiger partial charge in [-0.15, -0.1) is 0 Å². The van der Waals surface area contributed by atoms with E-state index in [1.165, 1.54) is 32.1 Å². The van der Waals surface area contributed by atoms with E-state index in [1.807, 2.05) is 0 Å². The molecule has 1 heterocycles. The SMILES string of the molecule is CC(C)C(=N)N1CCC2CCCCC21. The Labute approximate surface area is 87.2 Å². The van der Waals surface area contributed by atoms with Gasteiger partial charge in [-0.1, -0.05) is 26.7 Å². The van der Waals surface area contributed by atoms with Gasteiger partial charge in [0.05, 0.1) is 5.84 Å². The maximum absolute atomic E-state index is 8.09. The van der Waals surface area contributed by atoms with Crippen molar-refractivity contribution in [3.63, 3.8) is 0 Å². The topological polar surface area (TPSA) is 27.1 Å². The molecule has 1 saturated carbocycles. The maximum atomic E-state index is 8.09. The Balaban J connectivity index is 2.03. The van der Waals surface area contributed by atoms with E-state index in [1.54, 1.807) is 0 Å². The summed E-state index contributed by atoms with van der Waals surface area (Å²) >= 11 is 0. The minimum absolute atomic E-state index is 0.399. The molecule has 0 radical (unpaired) electrons. The quantitative estimate of drug-likeness (QED) is 0.504. The number of hydrogen-bond donors (Lipinski definition) is 1. The van der Waals surface area contributed by atoms with E-state index in [9.17, 15) is 0 Å². The van der Waals surface area contributed by atoms with Crippen LogP contribution in [0.2, 0.25) is 0 Å². The third-order valence-corrected chi connectivity index (χ3v) is 3.87. The summed E-state index contributed by atoms with van der Waals surface area (Å²) in [5.74, 6) is 2.18. The van der Waals surface area contributed by atoms with Gasteiger partial charge in [-0.3, -0.25) is 5.41 Å². The fraction of sp³-hybridized carbons (Fsp3) is 0.917. The lowest BCUT2D eigenvalue weighted by Crippen LogP contribution is -2.40. The molecule has 2 unspecified atom stereocenters. The van der Waals surface area contributed by atoms with Crippen molar-refractivity contribution in [2.45, 2.75) is 52.0 Å². The van der Waals surface area contributed by atoms with E-state index in [-0.39, 0.29) is 0 Å². The Morgan fingerprint density at radius 3 is 2.64 bits per heavy atom. The lowest BCUT2D eigenvalue weighted by Gasteiger charge is -2.34. The van der Waals surface area contributed by atoms with Crippen LogP contribution in [0.3, 0.4) is 0 Å². The van der Waals surface area contributed by atoms with Gasteiger partial charge >= 0.3 is 0 Å². The summed E-state index contributed by atoms with van der Waals surface area (Å²) in [7, 11) is 0. The third kappa shape index (κ3) is 1.67. The van der Waals surface area contributed by atoms with Crippen molar-refractivity contribution < 1.29 is 0 Å². The Kier molecular flexibility index (Phi) is 2.80. The summed E-state index contributed by atoms with van der Waals surface area (Å²) in [5, 5.41) is 8.09. The van der Waals surface area contributed by atoms with Crippen molar-refractivity contribution >= 4 is 5.84 Å². The van der Waals surface area contributed by atoms with Crippen LogP contribution in [0.15, 0.2) is 0 Å². The highest BCUT2D eigenvalue weighted by Crippen LogP contribution is 2.36. The van der Waals surface area contributed by atoms with E-state index in [2.05, 4.69) is 18.7 Å². The molecule has 1 saturated heterocycles. The van der Waals surface area contributed by atoms with Crippen molar-refractivity contribution in [1.82, 2.24) is 4.90 Å². The minimum Gasteiger partial charge on any atom is -0.357 e. The number of nitrogens with zero attached hydrogens (tertiary/aromatic N) is 1. The number of hydrogen-bond acceptors (Lipinski definition) is 1. The van der Waals surface area contributed by atoms with Crippen LogP contribution in [-0.4, -0.2) is 23.3 Å². The normalized spacial score (nSPS) is 32.1. The zero-order chi connectivity index (χ0) is 10.1. The largest absolute Gasteiger partial charge is 0.357 e. The van der Waals surface area contributed by atoms with E-state index < -0.39 is 0 Å². The smallest absolute Gasteiger partial charge is 0.0986 e. The second kappa shape index (κ2) is 3.92. The molecule has 14 heavy (non-hydrogen) atoms. The molecule has 0 spiro atoms. The minimum atomic E-state index is 0.399. The molecule has 2 rings (SSSR count). The average Bonchev–Trinajstić information content (AvgIpc) is 2.60. The van der Waals surface area contributed by atoms with Gasteiger partial charge in [0.2, 0.25) is 0 Å². The summed E-state index contributed by atoms with van der Waals surface area (Å²) in [6.07, 6.45) is 6.87. The summed E-state index contributed by atoms with van der Waals surface area (Å²) in [6.45, 7) is 5.42. The van der Waals surface area contributed by atoms with E-state index in [0.717, 1.165) is 24.3 Å². The van der Waals surface area contributed by atoms with Gasteiger partial charge < -0.3 is 4.90 Å². The van der Waals surface area contributed by atoms with Gasteiger partial charge in [0.1, 0.15) is 0 Å². The fourth-order valence-corrected chi connectivity index (χ4v) is 3.04. The molecule has 0 aromatic heterocycles. The van der Waals surface area contributed by atoms with Crippen LogP contribution in [0.25, 0.3) is 0 Å². The van der Waals surface area contributed by atoms with Gasteiger partial charge in [-0.05, 0) is 25.2 Å². The monoisotopic (exact) mass is 194 g/mol. The van der Waals surface area contributed by atoms with Gasteiger partial charge in [-0.2, -0.15) is 0 Å². The highest BCUT2D eigenvalue weighted by atomic mass is 15.2. The molecule has 2 heteroatoms. The van der Waals surface area contributed by atoms with Gasteiger partial charge in [0.15, 0.2) is 0 Å². The standard InChI is InChI=1S/C12H22N2/c1-9(2)12(13)14-8-7-10-5-3-4-6-11(10)14/h9-11,13H,3-8H2,1-2H3. The van der Waals surface area contributed by atoms with Crippen LogP contribution in [0.5, 0.6) is 0 Å². The first kappa shape index (κ1) is 10.0. The molecule has 0 amide bonds. The number of fused-ring (bicyclic) bond motifs is 1. The lowest BCUT2D eigenvalue weighted by molar-refractivity contribution is 0.247. The van der Waals surface area contributed by atoms with Gasteiger partial charge in [0.25, 0.3) is 0 Å². The van der Waals surface area contributed by atoms with E-state index in [0.29, 0.717) is 5.92 Å². The van der Waals surface area contributed by atoms with Gasteiger partial charge in [-0.25, -0.2) is 0 Å². The molecule has 1 aliphatic carbocycles. The Hall–Kier alpha value is -0.530.